The lowest BCUT2D eigenvalue weighted by Crippen LogP contribution is -2.55. The third-order valence-electron chi connectivity index (χ3n) is 6.47. The molecule has 1 N–H and O–H groups in total. The summed E-state index contributed by atoms with van der Waals surface area (Å²) < 4.78 is 0. The monoisotopic (exact) mass is 292 g/mol. The van der Waals surface area contributed by atoms with Gasteiger partial charge in [-0.25, -0.2) is 0 Å². The number of rotatable bonds is 5. The molecule has 2 nitrogen and oxygen atoms in total. The van der Waals surface area contributed by atoms with Crippen LogP contribution in [0.4, 0.5) is 0 Å². The van der Waals surface area contributed by atoms with Gasteiger partial charge in [-0.05, 0) is 56.4 Å². The first-order valence-electron chi connectivity index (χ1n) is 9.70. The third kappa shape index (κ3) is 4.22. The van der Waals surface area contributed by atoms with Gasteiger partial charge in [0.15, 0.2) is 0 Å². The van der Waals surface area contributed by atoms with Crippen molar-refractivity contribution in [2.75, 3.05) is 19.6 Å². The van der Waals surface area contributed by atoms with Crippen molar-refractivity contribution in [3.8, 4) is 0 Å². The summed E-state index contributed by atoms with van der Waals surface area (Å²) in [6.45, 7) is 8.82. The first-order valence-corrected chi connectivity index (χ1v) is 9.70. The number of piperidine rings is 1. The molecule has 2 saturated carbocycles. The lowest BCUT2D eigenvalue weighted by molar-refractivity contribution is 0.0439. The van der Waals surface area contributed by atoms with Crippen LogP contribution < -0.4 is 5.32 Å². The van der Waals surface area contributed by atoms with Gasteiger partial charge in [0.25, 0.3) is 0 Å². The fourth-order valence-corrected chi connectivity index (χ4v) is 4.58. The maximum Gasteiger partial charge on any atom is 0.0198 e. The first kappa shape index (κ1) is 15.8. The van der Waals surface area contributed by atoms with E-state index in [0.717, 1.165) is 29.8 Å². The molecule has 2 aliphatic carbocycles. The minimum Gasteiger partial charge on any atom is -0.312 e. The van der Waals surface area contributed by atoms with E-state index in [2.05, 4.69) is 24.1 Å². The summed E-state index contributed by atoms with van der Waals surface area (Å²) in [6, 6.07) is 1.68. The van der Waals surface area contributed by atoms with Crippen molar-refractivity contribution in [2.24, 2.45) is 17.8 Å². The van der Waals surface area contributed by atoms with Crippen LogP contribution in [0.2, 0.25) is 0 Å². The van der Waals surface area contributed by atoms with E-state index in [1.165, 1.54) is 77.4 Å². The maximum atomic E-state index is 3.97. The van der Waals surface area contributed by atoms with E-state index in [9.17, 15) is 0 Å². The molecule has 1 heterocycles. The van der Waals surface area contributed by atoms with E-state index in [1.54, 1.807) is 0 Å². The Labute approximate surface area is 132 Å². The van der Waals surface area contributed by atoms with E-state index < -0.39 is 0 Å². The fourth-order valence-electron chi connectivity index (χ4n) is 4.58. The Morgan fingerprint density at radius 2 is 1.71 bits per heavy atom. The molecular weight excluding hydrogens is 256 g/mol. The SMILES string of the molecule is CC(C)C1CC(NCC2CCCCC2)CN(C2CCC2)C1. The summed E-state index contributed by atoms with van der Waals surface area (Å²) in [5, 5.41) is 3.97. The Kier molecular flexibility index (Phi) is 5.61. The van der Waals surface area contributed by atoms with Gasteiger partial charge >= 0.3 is 0 Å². The molecular formula is C19H36N2. The molecule has 0 bridgehead atoms. The second-order valence-electron chi connectivity index (χ2n) is 8.39. The van der Waals surface area contributed by atoms with E-state index in [1.807, 2.05) is 0 Å². The second-order valence-corrected chi connectivity index (χ2v) is 8.39. The summed E-state index contributed by atoms with van der Waals surface area (Å²) in [5.74, 6) is 2.71. The summed E-state index contributed by atoms with van der Waals surface area (Å²) in [5.41, 5.74) is 0. The Balaban J connectivity index is 1.49. The number of nitrogens with one attached hydrogen (secondary N) is 1. The summed E-state index contributed by atoms with van der Waals surface area (Å²) in [4.78, 5) is 2.83. The molecule has 1 saturated heterocycles. The average Bonchev–Trinajstić information content (AvgIpc) is 2.44. The van der Waals surface area contributed by atoms with Gasteiger partial charge in [-0.2, -0.15) is 0 Å². The highest BCUT2D eigenvalue weighted by molar-refractivity contribution is 4.91. The molecule has 3 rings (SSSR count). The Hall–Kier alpha value is -0.0800. The van der Waals surface area contributed by atoms with E-state index >= 15 is 0 Å². The van der Waals surface area contributed by atoms with Crippen LogP contribution in [0.15, 0.2) is 0 Å². The highest BCUT2D eigenvalue weighted by Crippen LogP contribution is 2.32. The molecule has 2 atom stereocenters. The Bertz CT molecular complexity index is 305. The van der Waals surface area contributed by atoms with E-state index in [0.29, 0.717) is 0 Å². The summed E-state index contributed by atoms with van der Waals surface area (Å²) in [6.07, 6.45) is 13.2. The molecule has 0 amide bonds. The van der Waals surface area contributed by atoms with Crippen LogP contribution in [0.3, 0.4) is 0 Å². The lowest BCUT2D eigenvalue weighted by atomic mass is 9.81. The van der Waals surface area contributed by atoms with Crippen molar-refractivity contribution in [3.05, 3.63) is 0 Å². The molecule has 0 aromatic rings. The third-order valence-corrected chi connectivity index (χ3v) is 6.47. The van der Waals surface area contributed by atoms with Crippen molar-refractivity contribution >= 4 is 0 Å². The van der Waals surface area contributed by atoms with E-state index in [-0.39, 0.29) is 0 Å². The molecule has 3 fully saturated rings. The minimum absolute atomic E-state index is 0.758. The molecule has 0 aromatic heterocycles. The topological polar surface area (TPSA) is 15.3 Å². The molecule has 0 aromatic carbocycles. The molecule has 21 heavy (non-hydrogen) atoms. The van der Waals surface area contributed by atoms with E-state index in [4.69, 9.17) is 0 Å². The average molecular weight is 293 g/mol. The molecule has 2 heteroatoms. The highest BCUT2D eigenvalue weighted by atomic mass is 15.2. The zero-order valence-electron chi connectivity index (χ0n) is 14.3. The Morgan fingerprint density at radius 3 is 2.33 bits per heavy atom. The van der Waals surface area contributed by atoms with Crippen molar-refractivity contribution < 1.29 is 0 Å². The molecule has 0 spiro atoms. The maximum absolute atomic E-state index is 3.97. The molecule has 2 unspecified atom stereocenters. The van der Waals surface area contributed by atoms with Crippen LogP contribution in [0.1, 0.15) is 71.6 Å². The molecule has 0 radical (unpaired) electrons. The van der Waals surface area contributed by atoms with Crippen LogP contribution in [-0.4, -0.2) is 36.6 Å². The van der Waals surface area contributed by atoms with Crippen molar-refractivity contribution in [1.29, 1.82) is 0 Å². The van der Waals surface area contributed by atoms with Gasteiger partial charge in [-0.1, -0.05) is 39.5 Å². The zero-order valence-corrected chi connectivity index (χ0v) is 14.3. The summed E-state index contributed by atoms with van der Waals surface area (Å²) in [7, 11) is 0. The first-order chi connectivity index (χ1) is 10.2. The predicted octanol–water partition coefficient (Wildman–Crippen LogP) is 4.06. The van der Waals surface area contributed by atoms with Gasteiger partial charge in [-0.15, -0.1) is 0 Å². The standard InChI is InChI=1S/C19H36N2/c1-15(2)17-11-18(14-21(13-17)19-9-6-10-19)20-12-16-7-4-3-5-8-16/h15-20H,3-14H2,1-2H3. The van der Waals surface area contributed by atoms with Crippen LogP contribution in [0.5, 0.6) is 0 Å². The Morgan fingerprint density at radius 1 is 0.952 bits per heavy atom. The van der Waals surface area contributed by atoms with Gasteiger partial charge in [0.1, 0.15) is 0 Å². The van der Waals surface area contributed by atoms with Gasteiger partial charge < -0.3 is 5.32 Å². The van der Waals surface area contributed by atoms with Crippen LogP contribution >= 0.6 is 0 Å². The molecule has 3 aliphatic rings. The van der Waals surface area contributed by atoms with Crippen LogP contribution in [0.25, 0.3) is 0 Å². The highest BCUT2D eigenvalue weighted by Gasteiger charge is 2.34. The lowest BCUT2D eigenvalue weighted by Gasteiger charge is -2.46. The largest absolute Gasteiger partial charge is 0.312 e. The quantitative estimate of drug-likeness (QED) is 0.822. The van der Waals surface area contributed by atoms with Gasteiger partial charge in [0.2, 0.25) is 0 Å². The zero-order chi connectivity index (χ0) is 14.7. The summed E-state index contributed by atoms with van der Waals surface area (Å²) >= 11 is 0. The van der Waals surface area contributed by atoms with Gasteiger partial charge in [0.05, 0.1) is 0 Å². The van der Waals surface area contributed by atoms with Crippen molar-refractivity contribution in [1.82, 2.24) is 10.2 Å². The minimum atomic E-state index is 0.758. The predicted molar refractivity (Wildman–Crippen MR) is 90.5 cm³/mol. The van der Waals surface area contributed by atoms with Gasteiger partial charge in [-0.3, -0.25) is 4.90 Å². The fraction of sp³-hybridized carbons (Fsp3) is 1.00. The smallest absolute Gasteiger partial charge is 0.0198 e. The van der Waals surface area contributed by atoms with Gasteiger partial charge in [0, 0.05) is 25.2 Å². The molecule has 1 aliphatic heterocycles. The number of nitrogens with zero attached hydrogens (tertiary/aromatic N) is 1. The number of hydrogen-bond donors (Lipinski definition) is 1. The van der Waals surface area contributed by atoms with Crippen LogP contribution in [0, 0.1) is 17.8 Å². The van der Waals surface area contributed by atoms with Crippen molar-refractivity contribution in [3.63, 3.8) is 0 Å². The second kappa shape index (κ2) is 7.46. The molecule has 122 valence electrons. The van der Waals surface area contributed by atoms with Crippen LogP contribution in [-0.2, 0) is 0 Å². The normalized spacial score (nSPS) is 33.3. The number of likely N-dealkylation sites (tertiary alicyclic amines) is 1. The van der Waals surface area contributed by atoms with Crippen molar-refractivity contribution in [2.45, 2.75) is 83.7 Å². The number of hydrogen-bond acceptors (Lipinski definition) is 2.